The van der Waals surface area contributed by atoms with Crippen molar-refractivity contribution in [2.24, 2.45) is 0 Å². The Morgan fingerprint density at radius 3 is 2.46 bits per heavy atom. The third-order valence-electron chi connectivity index (χ3n) is 4.90. The standard InChI is InChI=1S/C20H26BrN5O2/c1-14(2)18-17(21)19(24-23-18)20(28)22-9-8-16(27)26-12-10-25(11-13-26)15-6-4-3-5-7-15/h3-7,14H,8-13H2,1-2H3,(H,22,28)(H,23,24). The summed E-state index contributed by atoms with van der Waals surface area (Å²) in [5, 5.41) is 9.75. The lowest BCUT2D eigenvalue weighted by Crippen LogP contribution is -2.49. The van der Waals surface area contributed by atoms with Gasteiger partial charge in [-0.2, -0.15) is 5.10 Å². The van der Waals surface area contributed by atoms with Gasteiger partial charge in [0.1, 0.15) is 0 Å². The van der Waals surface area contributed by atoms with Gasteiger partial charge in [0.2, 0.25) is 5.91 Å². The average Bonchev–Trinajstić information content (AvgIpc) is 3.10. The van der Waals surface area contributed by atoms with Crippen LogP contribution in [0.3, 0.4) is 0 Å². The largest absolute Gasteiger partial charge is 0.368 e. The van der Waals surface area contributed by atoms with E-state index in [1.165, 1.54) is 5.69 Å². The number of piperazine rings is 1. The van der Waals surface area contributed by atoms with E-state index in [9.17, 15) is 9.59 Å². The molecule has 2 amide bonds. The minimum atomic E-state index is -0.281. The summed E-state index contributed by atoms with van der Waals surface area (Å²) >= 11 is 3.43. The van der Waals surface area contributed by atoms with Gasteiger partial charge < -0.3 is 15.1 Å². The van der Waals surface area contributed by atoms with Gasteiger partial charge in [-0.3, -0.25) is 14.7 Å². The molecule has 0 unspecified atom stereocenters. The van der Waals surface area contributed by atoms with Gasteiger partial charge in [-0.25, -0.2) is 0 Å². The predicted molar refractivity (Wildman–Crippen MR) is 113 cm³/mol. The van der Waals surface area contributed by atoms with Crippen molar-refractivity contribution in [1.29, 1.82) is 0 Å². The van der Waals surface area contributed by atoms with Crippen molar-refractivity contribution in [2.45, 2.75) is 26.2 Å². The molecule has 1 aromatic carbocycles. The van der Waals surface area contributed by atoms with E-state index in [0.29, 0.717) is 29.8 Å². The van der Waals surface area contributed by atoms with Gasteiger partial charge >= 0.3 is 0 Å². The zero-order chi connectivity index (χ0) is 20.1. The molecule has 150 valence electrons. The number of hydrogen-bond acceptors (Lipinski definition) is 4. The fourth-order valence-corrected chi connectivity index (χ4v) is 4.07. The number of hydrogen-bond donors (Lipinski definition) is 2. The molecule has 2 heterocycles. The molecule has 1 aliphatic heterocycles. The van der Waals surface area contributed by atoms with Crippen molar-refractivity contribution in [2.75, 3.05) is 37.6 Å². The molecule has 1 fully saturated rings. The summed E-state index contributed by atoms with van der Waals surface area (Å²) in [4.78, 5) is 28.9. The fourth-order valence-electron chi connectivity index (χ4n) is 3.25. The molecule has 0 bridgehead atoms. The molecule has 28 heavy (non-hydrogen) atoms. The Morgan fingerprint density at radius 1 is 1.18 bits per heavy atom. The van der Waals surface area contributed by atoms with Gasteiger partial charge in [-0.1, -0.05) is 32.0 Å². The van der Waals surface area contributed by atoms with Crippen molar-refractivity contribution >= 4 is 33.4 Å². The number of aromatic nitrogens is 2. The molecule has 8 heteroatoms. The molecule has 1 aromatic heterocycles. The molecule has 0 spiro atoms. The van der Waals surface area contributed by atoms with Crippen molar-refractivity contribution < 1.29 is 9.59 Å². The van der Waals surface area contributed by atoms with Crippen molar-refractivity contribution in [3.8, 4) is 0 Å². The molecule has 1 saturated heterocycles. The SMILES string of the molecule is CC(C)c1[nH]nc(C(=O)NCCC(=O)N2CCN(c3ccccc3)CC2)c1Br. The summed E-state index contributed by atoms with van der Waals surface area (Å²) in [6.45, 7) is 7.38. The Kier molecular flexibility index (Phi) is 6.72. The Balaban J connectivity index is 1.43. The molecule has 7 nitrogen and oxygen atoms in total. The van der Waals surface area contributed by atoms with E-state index in [0.717, 1.165) is 18.8 Å². The van der Waals surface area contributed by atoms with Crippen molar-refractivity contribution in [3.63, 3.8) is 0 Å². The number of aromatic amines is 1. The number of para-hydroxylation sites is 1. The number of carbonyl (C=O) groups is 2. The Bertz CT molecular complexity index is 813. The van der Waals surface area contributed by atoms with Gasteiger partial charge in [0.05, 0.1) is 10.2 Å². The van der Waals surface area contributed by atoms with E-state index in [-0.39, 0.29) is 24.2 Å². The van der Waals surface area contributed by atoms with E-state index in [1.807, 2.05) is 36.9 Å². The first-order chi connectivity index (χ1) is 13.5. The number of amides is 2. The normalized spacial score (nSPS) is 14.4. The van der Waals surface area contributed by atoms with Crippen LogP contribution in [0.1, 0.15) is 42.4 Å². The van der Waals surface area contributed by atoms with E-state index >= 15 is 0 Å². The highest BCUT2D eigenvalue weighted by Gasteiger charge is 2.22. The maximum atomic E-state index is 12.4. The second-order valence-corrected chi connectivity index (χ2v) is 7.96. The van der Waals surface area contributed by atoms with Crippen LogP contribution < -0.4 is 10.2 Å². The fraction of sp³-hybridized carbons (Fsp3) is 0.450. The Morgan fingerprint density at radius 2 is 1.86 bits per heavy atom. The van der Waals surface area contributed by atoms with E-state index in [2.05, 4.69) is 48.5 Å². The van der Waals surface area contributed by atoms with Crippen molar-refractivity contribution in [3.05, 3.63) is 46.2 Å². The zero-order valence-electron chi connectivity index (χ0n) is 16.2. The van der Waals surface area contributed by atoms with Gasteiger partial charge in [-0.05, 0) is 34.0 Å². The molecule has 3 rings (SSSR count). The number of carbonyl (C=O) groups excluding carboxylic acids is 2. The minimum Gasteiger partial charge on any atom is -0.368 e. The monoisotopic (exact) mass is 447 g/mol. The number of rotatable bonds is 6. The summed E-state index contributed by atoms with van der Waals surface area (Å²) < 4.78 is 0.684. The second kappa shape index (κ2) is 9.23. The molecule has 0 saturated carbocycles. The van der Waals surface area contributed by atoms with Crippen LogP contribution in [-0.4, -0.2) is 59.6 Å². The third-order valence-corrected chi connectivity index (χ3v) is 5.71. The molecular formula is C20H26BrN5O2. The van der Waals surface area contributed by atoms with Crippen LogP contribution in [0.4, 0.5) is 5.69 Å². The first-order valence-corrected chi connectivity index (χ1v) is 10.4. The van der Waals surface area contributed by atoms with E-state index in [1.54, 1.807) is 0 Å². The predicted octanol–water partition coefficient (Wildman–Crippen LogP) is 2.76. The molecule has 2 aromatic rings. The first-order valence-electron chi connectivity index (χ1n) is 9.57. The molecule has 1 aliphatic rings. The van der Waals surface area contributed by atoms with E-state index < -0.39 is 0 Å². The van der Waals surface area contributed by atoms with Crippen LogP contribution in [0.2, 0.25) is 0 Å². The van der Waals surface area contributed by atoms with Crippen LogP contribution >= 0.6 is 15.9 Å². The van der Waals surface area contributed by atoms with Crippen LogP contribution in [0, 0.1) is 0 Å². The average molecular weight is 448 g/mol. The molecule has 2 N–H and O–H groups in total. The summed E-state index contributed by atoms with van der Waals surface area (Å²) in [5.74, 6) is 0.0215. The number of halogens is 1. The lowest BCUT2D eigenvalue weighted by molar-refractivity contribution is -0.131. The van der Waals surface area contributed by atoms with Crippen LogP contribution in [0.25, 0.3) is 0 Å². The Hall–Kier alpha value is -2.35. The Labute approximate surface area is 173 Å². The molecule has 0 radical (unpaired) electrons. The smallest absolute Gasteiger partial charge is 0.272 e. The van der Waals surface area contributed by atoms with Crippen molar-refractivity contribution in [1.82, 2.24) is 20.4 Å². The van der Waals surface area contributed by atoms with Gasteiger partial charge in [0.15, 0.2) is 5.69 Å². The molecule has 0 aliphatic carbocycles. The lowest BCUT2D eigenvalue weighted by Gasteiger charge is -2.36. The molecular weight excluding hydrogens is 422 g/mol. The van der Waals surface area contributed by atoms with Gasteiger partial charge in [-0.15, -0.1) is 0 Å². The highest BCUT2D eigenvalue weighted by atomic mass is 79.9. The lowest BCUT2D eigenvalue weighted by atomic mass is 10.1. The highest BCUT2D eigenvalue weighted by molar-refractivity contribution is 9.10. The third kappa shape index (κ3) is 4.73. The number of benzene rings is 1. The number of nitrogens with one attached hydrogen (secondary N) is 2. The minimum absolute atomic E-state index is 0.0666. The topological polar surface area (TPSA) is 81.3 Å². The van der Waals surface area contributed by atoms with Gasteiger partial charge in [0, 0.05) is 44.8 Å². The summed E-state index contributed by atoms with van der Waals surface area (Å²) in [6.07, 6.45) is 0.288. The number of anilines is 1. The highest BCUT2D eigenvalue weighted by Crippen LogP contribution is 2.25. The summed E-state index contributed by atoms with van der Waals surface area (Å²) in [5.41, 5.74) is 2.40. The maximum absolute atomic E-state index is 12.4. The summed E-state index contributed by atoms with van der Waals surface area (Å²) in [6, 6.07) is 10.2. The molecule has 0 atom stereocenters. The van der Waals surface area contributed by atoms with E-state index in [4.69, 9.17) is 0 Å². The van der Waals surface area contributed by atoms with Gasteiger partial charge in [0.25, 0.3) is 5.91 Å². The number of H-pyrrole nitrogens is 1. The quantitative estimate of drug-likeness (QED) is 0.712. The van der Waals surface area contributed by atoms with Crippen LogP contribution in [0.5, 0.6) is 0 Å². The van der Waals surface area contributed by atoms with Crippen LogP contribution in [0.15, 0.2) is 34.8 Å². The summed E-state index contributed by atoms with van der Waals surface area (Å²) in [7, 11) is 0. The second-order valence-electron chi connectivity index (χ2n) is 7.16. The number of nitrogens with zero attached hydrogens (tertiary/aromatic N) is 3. The van der Waals surface area contributed by atoms with Crippen LogP contribution in [-0.2, 0) is 4.79 Å². The first kappa shape index (κ1) is 20.4. The maximum Gasteiger partial charge on any atom is 0.272 e. The zero-order valence-corrected chi connectivity index (χ0v) is 17.8.